The number of Topliss-reactive ketones (excluding diaryl/α,β-unsaturated/α-hetero) is 1. The molecule has 0 saturated heterocycles. The lowest BCUT2D eigenvalue weighted by atomic mass is 9.95. The third-order valence-electron chi connectivity index (χ3n) is 2.92. The van der Waals surface area contributed by atoms with E-state index in [1.54, 1.807) is 0 Å². The van der Waals surface area contributed by atoms with Crippen LogP contribution in [0, 0.1) is 5.92 Å². The monoisotopic (exact) mass is 247 g/mol. The molecule has 2 nitrogen and oxygen atoms in total. The van der Waals surface area contributed by atoms with Crippen molar-refractivity contribution in [1.29, 1.82) is 0 Å². The summed E-state index contributed by atoms with van der Waals surface area (Å²) in [5.74, 6) is 0.828. The van der Waals surface area contributed by atoms with Gasteiger partial charge in [0.05, 0.1) is 0 Å². The van der Waals surface area contributed by atoms with Crippen molar-refractivity contribution in [3.05, 3.63) is 35.4 Å². The summed E-state index contributed by atoms with van der Waals surface area (Å²) in [6.07, 6.45) is 2.30. The molecule has 1 rings (SSSR count). The average Bonchev–Trinajstić information content (AvgIpc) is 2.25. The van der Waals surface area contributed by atoms with Gasteiger partial charge in [0.1, 0.15) is 0 Å². The zero-order chi connectivity index (χ0) is 13.8. The predicted octanol–water partition coefficient (Wildman–Crippen LogP) is 3.59. The van der Waals surface area contributed by atoms with Crippen LogP contribution in [-0.4, -0.2) is 11.3 Å². The molecule has 100 valence electrons. The Morgan fingerprint density at radius 1 is 1.22 bits per heavy atom. The number of carbonyl (C=O) groups is 1. The molecule has 0 saturated carbocycles. The van der Waals surface area contributed by atoms with Crippen molar-refractivity contribution < 1.29 is 4.79 Å². The van der Waals surface area contributed by atoms with E-state index >= 15 is 0 Å². The molecule has 0 aliphatic carbocycles. The van der Waals surface area contributed by atoms with Crippen LogP contribution >= 0.6 is 0 Å². The van der Waals surface area contributed by atoms with E-state index in [0.29, 0.717) is 12.3 Å². The topological polar surface area (TPSA) is 43.1 Å². The second-order valence-corrected chi connectivity index (χ2v) is 6.21. The van der Waals surface area contributed by atoms with Gasteiger partial charge in [-0.1, -0.05) is 38.1 Å². The van der Waals surface area contributed by atoms with E-state index in [4.69, 9.17) is 5.73 Å². The summed E-state index contributed by atoms with van der Waals surface area (Å²) >= 11 is 0. The highest BCUT2D eigenvalue weighted by Crippen LogP contribution is 2.14. The van der Waals surface area contributed by atoms with Crippen molar-refractivity contribution in [3.8, 4) is 0 Å². The molecule has 0 atom stereocenters. The van der Waals surface area contributed by atoms with Crippen molar-refractivity contribution in [2.45, 2.75) is 52.5 Å². The Balaban J connectivity index is 2.59. The normalized spacial score (nSPS) is 11.9. The van der Waals surface area contributed by atoms with E-state index in [1.807, 2.05) is 26.0 Å². The highest BCUT2D eigenvalue weighted by molar-refractivity contribution is 5.96. The molecule has 0 aliphatic heterocycles. The Morgan fingerprint density at radius 3 is 2.22 bits per heavy atom. The minimum Gasteiger partial charge on any atom is -0.326 e. The largest absolute Gasteiger partial charge is 0.326 e. The second-order valence-electron chi connectivity index (χ2n) is 6.21. The molecule has 0 bridgehead atoms. The van der Waals surface area contributed by atoms with Crippen LogP contribution in [0.1, 0.15) is 56.5 Å². The van der Waals surface area contributed by atoms with Gasteiger partial charge < -0.3 is 5.73 Å². The van der Waals surface area contributed by atoms with Crippen LogP contribution in [0.2, 0.25) is 0 Å². The Morgan fingerprint density at radius 2 is 1.78 bits per heavy atom. The van der Waals surface area contributed by atoms with Crippen molar-refractivity contribution in [2.24, 2.45) is 11.7 Å². The van der Waals surface area contributed by atoms with Gasteiger partial charge in [-0.25, -0.2) is 0 Å². The van der Waals surface area contributed by atoms with Crippen molar-refractivity contribution >= 4 is 5.78 Å². The number of hydrogen-bond acceptors (Lipinski definition) is 2. The fourth-order valence-corrected chi connectivity index (χ4v) is 1.88. The number of carbonyl (C=O) groups excluding carboxylic acids is 1. The molecule has 2 heteroatoms. The molecular formula is C16H25NO. The standard InChI is InChI=1S/C16H25NO/c1-12(2)11-13-5-7-14(8-6-13)15(18)9-10-16(3,4)17/h5-8,12H,9-11,17H2,1-4H3. The summed E-state index contributed by atoms with van der Waals surface area (Å²) in [6.45, 7) is 8.29. The van der Waals surface area contributed by atoms with Gasteiger partial charge in [0.25, 0.3) is 0 Å². The summed E-state index contributed by atoms with van der Waals surface area (Å²) in [7, 11) is 0. The van der Waals surface area contributed by atoms with Crippen LogP contribution < -0.4 is 5.73 Å². The summed E-state index contributed by atoms with van der Waals surface area (Å²) < 4.78 is 0. The molecule has 0 spiro atoms. The third-order valence-corrected chi connectivity index (χ3v) is 2.92. The lowest BCUT2D eigenvalue weighted by molar-refractivity contribution is 0.0972. The van der Waals surface area contributed by atoms with E-state index < -0.39 is 0 Å². The number of nitrogens with two attached hydrogens (primary N) is 1. The Kier molecular flexibility index (Phi) is 5.09. The predicted molar refractivity (Wildman–Crippen MR) is 76.8 cm³/mol. The van der Waals surface area contributed by atoms with Gasteiger partial charge in [-0.2, -0.15) is 0 Å². The second kappa shape index (κ2) is 6.14. The van der Waals surface area contributed by atoms with Gasteiger partial charge in [-0.3, -0.25) is 4.79 Å². The van der Waals surface area contributed by atoms with Crippen LogP contribution in [-0.2, 0) is 6.42 Å². The Bertz CT molecular complexity index is 385. The first kappa shape index (κ1) is 14.9. The lowest BCUT2D eigenvalue weighted by Crippen LogP contribution is -2.32. The third kappa shape index (κ3) is 5.46. The average molecular weight is 247 g/mol. The van der Waals surface area contributed by atoms with E-state index in [9.17, 15) is 4.79 Å². The summed E-state index contributed by atoms with van der Waals surface area (Å²) in [4.78, 5) is 12.0. The highest BCUT2D eigenvalue weighted by Gasteiger charge is 2.14. The molecule has 1 aromatic carbocycles. The maximum absolute atomic E-state index is 12.0. The Hall–Kier alpha value is -1.15. The number of rotatable bonds is 6. The van der Waals surface area contributed by atoms with E-state index in [1.165, 1.54) is 5.56 Å². The molecule has 18 heavy (non-hydrogen) atoms. The van der Waals surface area contributed by atoms with E-state index in [0.717, 1.165) is 18.4 Å². The molecule has 0 radical (unpaired) electrons. The molecule has 0 amide bonds. The molecule has 0 fully saturated rings. The molecule has 0 unspecified atom stereocenters. The van der Waals surface area contributed by atoms with Crippen LogP contribution in [0.25, 0.3) is 0 Å². The number of ketones is 1. The fourth-order valence-electron chi connectivity index (χ4n) is 1.88. The van der Waals surface area contributed by atoms with Crippen LogP contribution in [0.4, 0.5) is 0 Å². The molecule has 2 N–H and O–H groups in total. The van der Waals surface area contributed by atoms with Crippen LogP contribution in [0.3, 0.4) is 0 Å². The summed E-state index contributed by atoms with van der Waals surface area (Å²) in [5.41, 5.74) is 7.71. The first-order chi connectivity index (χ1) is 8.28. The van der Waals surface area contributed by atoms with Gasteiger partial charge in [0.15, 0.2) is 5.78 Å². The minimum absolute atomic E-state index is 0.185. The first-order valence-electron chi connectivity index (χ1n) is 6.69. The zero-order valence-electron chi connectivity index (χ0n) is 12.0. The molecular weight excluding hydrogens is 222 g/mol. The molecule has 1 aromatic rings. The van der Waals surface area contributed by atoms with Gasteiger partial charge >= 0.3 is 0 Å². The van der Waals surface area contributed by atoms with Gasteiger partial charge in [-0.05, 0) is 38.2 Å². The maximum atomic E-state index is 12.0. The zero-order valence-corrected chi connectivity index (χ0v) is 12.0. The SMILES string of the molecule is CC(C)Cc1ccc(C(=O)CCC(C)(C)N)cc1. The highest BCUT2D eigenvalue weighted by atomic mass is 16.1. The number of benzene rings is 1. The van der Waals surface area contributed by atoms with Crippen molar-refractivity contribution in [2.75, 3.05) is 0 Å². The van der Waals surface area contributed by atoms with Crippen LogP contribution in [0.15, 0.2) is 24.3 Å². The van der Waals surface area contributed by atoms with Gasteiger partial charge in [-0.15, -0.1) is 0 Å². The Labute approximate surface area is 111 Å². The van der Waals surface area contributed by atoms with E-state index in [2.05, 4.69) is 26.0 Å². The van der Waals surface area contributed by atoms with Crippen LogP contribution in [0.5, 0.6) is 0 Å². The lowest BCUT2D eigenvalue weighted by Gasteiger charge is -2.17. The molecule has 0 aromatic heterocycles. The summed E-state index contributed by atoms with van der Waals surface area (Å²) in [6, 6.07) is 7.98. The van der Waals surface area contributed by atoms with Crippen molar-refractivity contribution in [1.82, 2.24) is 0 Å². The van der Waals surface area contributed by atoms with Gasteiger partial charge in [0.2, 0.25) is 0 Å². The van der Waals surface area contributed by atoms with Gasteiger partial charge in [0, 0.05) is 17.5 Å². The fraction of sp³-hybridized carbons (Fsp3) is 0.562. The smallest absolute Gasteiger partial charge is 0.162 e. The first-order valence-corrected chi connectivity index (χ1v) is 6.69. The van der Waals surface area contributed by atoms with Crippen molar-refractivity contribution in [3.63, 3.8) is 0 Å². The molecule has 0 heterocycles. The van der Waals surface area contributed by atoms with E-state index in [-0.39, 0.29) is 11.3 Å². The quantitative estimate of drug-likeness (QED) is 0.781. The maximum Gasteiger partial charge on any atom is 0.162 e. The minimum atomic E-state index is -0.271. The summed E-state index contributed by atoms with van der Waals surface area (Å²) in [5, 5.41) is 0. The molecule has 0 aliphatic rings. The number of hydrogen-bond donors (Lipinski definition) is 1.